The molecular formula is C20H21FN4O3. The number of fused-ring (bicyclic) bond motifs is 1. The molecule has 28 heavy (non-hydrogen) atoms. The fraction of sp³-hybridized carbons (Fsp3) is 0.300. The first-order valence-electron chi connectivity index (χ1n) is 9.12. The first-order chi connectivity index (χ1) is 13.6. The fourth-order valence-corrected chi connectivity index (χ4v) is 3.33. The molecule has 0 unspecified atom stereocenters. The number of nitrogens with one attached hydrogen (secondary N) is 2. The van der Waals surface area contributed by atoms with Gasteiger partial charge in [-0.05, 0) is 42.5 Å². The lowest BCUT2D eigenvalue weighted by Crippen LogP contribution is -2.27. The van der Waals surface area contributed by atoms with E-state index >= 15 is 0 Å². The lowest BCUT2D eigenvalue weighted by atomic mass is 10.1. The van der Waals surface area contributed by atoms with Crippen LogP contribution < -0.4 is 10.8 Å². The quantitative estimate of drug-likeness (QED) is 0.431. The summed E-state index contributed by atoms with van der Waals surface area (Å²) in [5, 5.41) is 12.6. The number of nitrogens with zero attached hydrogens (tertiary/aromatic N) is 2. The minimum absolute atomic E-state index is 0.0305. The molecule has 3 N–H and O–H groups in total. The molecule has 0 atom stereocenters. The first kappa shape index (κ1) is 18.4. The number of carbonyl (C=O) groups is 1. The minimum atomic E-state index is -0.510. The van der Waals surface area contributed by atoms with Gasteiger partial charge in [0.05, 0.1) is 30.1 Å². The van der Waals surface area contributed by atoms with Crippen molar-refractivity contribution in [2.45, 2.75) is 18.8 Å². The van der Waals surface area contributed by atoms with Crippen LogP contribution in [-0.2, 0) is 11.9 Å². The second-order valence-corrected chi connectivity index (χ2v) is 6.82. The van der Waals surface area contributed by atoms with E-state index in [1.807, 2.05) is 6.07 Å². The molecule has 1 aliphatic rings. The zero-order chi connectivity index (χ0) is 19.7. The van der Waals surface area contributed by atoms with Gasteiger partial charge in [0.1, 0.15) is 11.5 Å². The van der Waals surface area contributed by atoms with Crippen LogP contribution in [0.2, 0.25) is 0 Å². The van der Waals surface area contributed by atoms with Crippen molar-refractivity contribution in [3.8, 4) is 0 Å². The van der Waals surface area contributed by atoms with Crippen molar-refractivity contribution in [2.24, 2.45) is 7.05 Å². The van der Waals surface area contributed by atoms with Crippen LogP contribution >= 0.6 is 0 Å². The maximum Gasteiger partial charge on any atom is 0.293 e. The van der Waals surface area contributed by atoms with Crippen LogP contribution in [0.5, 0.6) is 0 Å². The van der Waals surface area contributed by atoms with Crippen molar-refractivity contribution < 1.29 is 19.1 Å². The molecule has 0 aliphatic heterocycles. The van der Waals surface area contributed by atoms with Crippen LogP contribution in [-0.4, -0.2) is 33.8 Å². The molecule has 146 valence electrons. The van der Waals surface area contributed by atoms with Crippen molar-refractivity contribution in [1.82, 2.24) is 15.0 Å². The second-order valence-electron chi connectivity index (χ2n) is 6.82. The van der Waals surface area contributed by atoms with E-state index in [-0.39, 0.29) is 30.4 Å². The number of aliphatic hydroxyl groups is 1. The summed E-state index contributed by atoms with van der Waals surface area (Å²) >= 11 is 0. The number of aryl methyl sites for hydroxylation is 1. The van der Waals surface area contributed by atoms with Crippen molar-refractivity contribution in [3.63, 3.8) is 0 Å². The molecule has 7 nitrogen and oxygen atoms in total. The topological polar surface area (TPSA) is 88.4 Å². The summed E-state index contributed by atoms with van der Waals surface area (Å²) in [6, 6.07) is 6.94. The zero-order valence-corrected chi connectivity index (χ0v) is 15.4. The maximum absolute atomic E-state index is 14.7. The highest BCUT2D eigenvalue weighted by atomic mass is 19.1. The number of carbonyl (C=O) groups excluding carboxylic acids is 1. The Bertz CT molecular complexity index is 1030. The summed E-state index contributed by atoms with van der Waals surface area (Å²) in [6.07, 6.45) is 5.44. The van der Waals surface area contributed by atoms with Gasteiger partial charge < -0.3 is 15.0 Å². The van der Waals surface area contributed by atoms with Gasteiger partial charge in [0, 0.05) is 24.8 Å². The largest absolute Gasteiger partial charge is 0.394 e. The van der Waals surface area contributed by atoms with Crippen molar-refractivity contribution in [3.05, 3.63) is 53.7 Å². The Morgan fingerprint density at radius 2 is 2.21 bits per heavy atom. The van der Waals surface area contributed by atoms with Crippen LogP contribution in [0.1, 0.15) is 34.8 Å². The summed E-state index contributed by atoms with van der Waals surface area (Å²) in [6.45, 7) is -0.250. The molecule has 1 amide bonds. The number of amides is 1. The van der Waals surface area contributed by atoms with E-state index in [9.17, 15) is 9.18 Å². The number of aliphatic hydroxyl groups excluding tert-OH is 1. The van der Waals surface area contributed by atoms with Crippen LogP contribution in [0.3, 0.4) is 0 Å². The van der Waals surface area contributed by atoms with Gasteiger partial charge >= 0.3 is 0 Å². The molecule has 0 saturated heterocycles. The Morgan fingerprint density at radius 1 is 1.39 bits per heavy atom. The molecular weight excluding hydrogens is 363 g/mol. The Balaban J connectivity index is 1.72. The van der Waals surface area contributed by atoms with Crippen molar-refractivity contribution >= 4 is 28.2 Å². The highest BCUT2D eigenvalue weighted by molar-refractivity contribution is 6.09. The van der Waals surface area contributed by atoms with Gasteiger partial charge in [-0.25, -0.2) is 9.87 Å². The van der Waals surface area contributed by atoms with Crippen LogP contribution in [0.4, 0.5) is 15.8 Å². The summed E-state index contributed by atoms with van der Waals surface area (Å²) in [7, 11) is 1.74. The Kier molecular flexibility index (Phi) is 4.97. The van der Waals surface area contributed by atoms with E-state index in [4.69, 9.17) is 9.94 Å². The predicted octanol–water partition coefficient (Wildman–Crippen LogP) is 2.99. The summed E-state index contributed by atoms with van der Waals surface area (Å²) in [5.41, 5.74) is 5.05. The summed E-state index contributed by atoms with van der Waals surface area (Å²) in [5.74, 6) is -0.423. The average Bonchev–Trinajstić information content (AvgIpc) is 3.50. The van der Waals surface area contributed by atoms with E-state index < -0.39 is 5.91 Å². The number of pyridine rings is 1. The number of rotatable bonds is 7. The van der Waals surface area contributed by atoms with Gasteiger partial charge in [0.25, 0.3) is 5.91 Å². The number of aromatic nitrogens is 2. The van der Waals surface area contributed by atoms with Crippen LogP contribution in [0.25, 0.3) is 10.9 Å². The van der Waals surface area contributed by atoms with Gasteiger partial charge in [0.15, 0.2) is 0 Å². The molecule has 2 aromatic heterocycles. The molecule has 8 heteroatoms. The highest BCUT2D eigenvalue weighted by Crippen LogP contribution is 2.41. The molecule has 2 heterocycles. The van der Waals surface area contributed by atoms with Gasteiger partial charge in [-0.2, -0.15) is 0 Å². The predicted molar refractivity (Wildman–Crippen MR) is 103 cm³/mol. The molecule has 1 saturated carbocycles. The number of hydrogen-bond acceptors (Lipinski definition) is 5. The third kappa shape index (κ3) is 3.44. The number of hydroxylamine groups is 1. The molecule has 1 aliphatic carbocycles. The number of hydrogen-bond donors (Lipinski definition) is 3. The SMILES string of the molecule is Cn1c(C(=O)NOCCO)c(Nc2ccc(C3CC3)cc2F)c2cnccc21. The number of halogens is 1. The van der Waals surface area contributed by atoms with Gasteiger partial charge in [0.2, 0.25) is 0 Å². The van der Waals surface area contributed by atoms with Crippen molar-refractivity contribution in [2.75, 3.05) is 18.5 Å². The Hall–Kier alpha value is -2.97. The van der Waals surface area contributed by atoms with E-state index in [1.165, 1.54) is 0 Å². The molecule has 1 aromatic carbocycles. The summed E-state index contributed by atoms with van der Waals surface area (Å²) in [4.78, 5) is 21.7. The molecule has 0 radical (unpaired) electrons. The minimum Gasteiger partial charge on any atom is -0.394 e. The monoisotopic (exact) mass is 384 g/mol. The average molecular weight is 384 g/mol. The van der Waals surface area contributed by atoms with E-state index in [1.54, 1.807) is 42.2 Å². The third-order valence-corrected chi connectivity index (χ3v) is 4.88. The molecule has 1 fully saturated rings. The lowest BCUT2D eigenvalue weighted by Gasteiger charge is -2.12. The highest BCUT2D eigenvalue weighted by Gasteiger charge is 2.25. The van der Waals surface area contributed by atoms with Crippen LogP contribution in [0, 0.1) is 5.82 Å². The molecule has 3 aromatic rings. The first-order valence-corrected chi connectivity index (χ1v) is 9.12. The lowest BCUT2D eigenvalue weighted by molar-refractivity contribution is 0.0163. The zero-order valence-electron chi connectivity index (χ0n) is 15.4. The van der Waals surface area contributed by atoms with Gasteiger partial charge in [-0.15, -0.1) is 0 Å². The number of benzene rings is 1. The standard InChI is InChI=1S/C20H21FN4O3/c1-25-17-6-7-22-11-14(17)18(19(25)20(27)24-28-9-8-26)23-16-5-4-13(10-15(16)21)12-2-3-12/h4-7,10-12,23,26H,2-3,8-9H2,1H3,(H,24,27). The molecule has 0 bridgehead atoms. The van der Waals surface area contributed by atoms with Gasteiger partial charge in [-0.3, -0.25) is 14.6 Å². The Labute approximate surface area is 161 Å². The van der Waals surface area contributed by atoms with E-state index in [2.05, 4.69) is 15.8 Å². The summed E-state index contributed by atoms with van der Waals surface area (Å²) < 4.78 is 16.4. The van der Waals surface area contributed by atoms with Crippen molar-refractivity contribution in [1.29, 1.82) is 0 Å². The smallest absolute Gasteiger partial charge is 0.293 e. The maximum atomic E-state index is 14.7. The number of anilines is 2. The molecule has 0 spiro atoms. The van der Waals surface area contributed by atoms with Gasteiger partial charge in [-0.1, -0.05) is 6.07 Å². The fourth-order valence-electron chi connectivity index (χ4n) is 3.33. The molecule has 4 rings (SSSR count). The normalized spacial score (nSPS) is 13.7. The van der Waals surface area contributed by atoms with E-state index in [0.717, 1.165) is 23.9 Å². The van der Waals surface area contributed by atoms with Crippen LogP contribution in [0.15, 0.2) is 36.7 Å². The second kappa shape index (κ2) is 7.57. The Morgan fingerprint density at radius 3 is 2.93 bits per heavy atom. The van der Waals surface area contributed by atoms with E-state index in [0.29, 0.717) is 17.0 Å². The third-order valence-electron chi connectivity index (χ3n) is 4.88.